The van der Waals surface area contributed by atoms with Gasteiger partial charge in [0.15, 0.2) is 6.29 Å². The van der Waals surface area contributed by atoms with Crippen molar-refractivity contribution in [3.63, 3.8) is 0 Å². The molecule has 2 rings (SSSR count). The molecule has 0 aromatic heterocycles. The smallest absolute Gasteiger partial charge is 0.298 e. The number of halogens is 4. The lowest BCUT2D eigenvalue weighted by atomic mass is 9.97. The molecule has 5 heteroatoms. The molecular weight excluding hydrogens is 260 g/mol. The highest BCUT2D eigenvalue weighted by Gasteiger charge is 2.31. The summed E-state index contributed by atoms with van der Waals surface area (Å²) in [5.74, 6) is -0.577. The first-order valence-corrected chi connectivity index (χ1v) is 5.34. The largest absolute Gasteiger partial charge is 0.416 e. The standard InChI is InChI=1S/C14H8F4O/c15-12-3-1-2-9(6-12)13-7-11(14(16,17)18)5-4-10(13)8-19/h1-8H. The molecule has 0 saturated carbocycles. The molecule has 0 heterocycles. The van der Waals surface area contributed by atoms with Gasteiger partial charge in [0.1, 0.15) is 5.82 Å². The molecule has 19 heavy (non-hydrogen) atoms. The lowest BCUT2D eigenvalue weighted by Crippen LogP contribution is -2.05. The van der Waals surface area contributed by atoms with Crippen LogP contribution >= 0.6 is 0 Å². The first kappa shape index (κ1) is 13.3. The van der Waals surface area contributed by atoms with Crippen molar-refractivity contribution in [2.45, 2.75) is 6.18 Å². The number of rotatable bonds is 2. The van der Waals surface area contributed by atoms with Crippen molar-refractivity contribution in [1.82, 2.24) is 0 Å². The Labute approximate surface area is 106 Å². The Morgan fingerprint density at radius 1 is 1.00 bits per heavy atom. The van der Waals surface area contributed by atoms with Gasteiger partial charge in [0.2, 0.25) is 0 Å². The van der Waals surface area contributed by atoms with Crippen LogP contribution in [-0.2, 0) is 6.18 Å². The fourth-order valence-electron chi connectivity index (χ4n) is 1.74. The Morgan fingerprint density at radius 2 is 1.74 bits per heavy atom. The summed E-state index contributed by atoms with van der Waals surface area (Å²) in [6, 6.07) is 7.84. The van der Waals surface area contributed by atoms with Gasteiger partial charge in [-0.1, -0.05) is 18.2 Å². The van der Waals surface area contributed by atoms with Crippen molar-refractivity contribution in [3.05, 3.63) is 59.4 Å². The third-order valence-electron chi connectivity index (χ3n) is 2.64. The van der Waals surface area contributed by atoms with Crippen LogP contribution in [0.3, 0.4) is 0 Å². The van der Waals surface area contributed by atoms with E-state index < -0.39 is 17.6 Å². The highest BCUT2D eigenvalue weighted by atomic mass is 19.4. The number of carbonyl (C=O) groups is 1. The summed E-state index contributed by atoms with van der Waals surface area (Å²) >= 11 is 0. The van der Waals surface area contributed by atoms with Gasteiger partial charge in [-0.25, -0.2) is 4.39 Å². The maximum atomic E-state index is 13.1. The SMILES string of the molecule is O=Cc1ccc(C(F)(F)F)cc1-c1cccc(F)c1. The van der Waals surface area contributed by atoms with Gasteiger partial charge in [-0.15, -0.1) is 0 Å². The molecule has 2 aromatic rings. The van der Waals surface area contributed by atoms with Gasteiger partial charge in [0.05, 0.1) is 5.56 Å². The average Bonchev–Trinajstić information content (AvgIpc) is 2.37. The third-order valence-corrected chi connectivity index (χ3v) is 2.64. The van der Waals surface area contributed by atoms with E-state index in [2.05, 4.69) is 0 Å². The van der Waals surface area contributed by atoms with Gasteiger partial charge in [0, 0.05) is 5.56 Å². The summed E-state index contributed by atoms with van der Waals surface area (Å²) in [4.78, 5) is 10.9. The molecule has 0 aliphatic rings. The van der Waals surface area contributed by atoms with Crippen LogP contribution < -0.4 is 0 Å². The molecular formula is C14H8F4O. The molecule has 0 atom stereocenters. The molecule has 0 spiro atoms. The first-order chi connectivity index (χ1) is 8.91. The topological polar surface area (TPSA) is 17.1 Å². The Kier molecular flexibility index (Phi) is 3.38. The fourth-order valence-corrected chi connectivity index (χ4v) is 1.74. The van der Waals surface area contributed by atoms with E-state index in [9.17, 15) is 22.4 Å². The minimum Gasteiger partial charge on any atom is -0.298 e. The van der Waals surface area contributed by atoms with Crippen molar-refractivity contribution >= 4 is 6.29 Å². The predicted molar refractivity (Wildman–Crippen MR) is 62.2 cm³/mol. The quantitative estimate of drug-likeness (QED) is 0.585. The zero-order valence-corrected chi connectivity index (χ0v) is 9.54. The van der Waals surface area contributed by atoms with Crippen LogP contribution in [0.5, 0.6) is 0 Å². The Balaban J connectivity index is 2.63. The van der Waals surface area contributed by atoms with Crippen molar-refractivity contribution in [2.75, 3.05) is 0 Å². The zero-order chi connectivity index (χ0) is 14.0. The van der Waals surface area contributed by atoms with E-state index in [0.717, 1.165) is 24.3 Å². The molecule has 0 amide bonds. The number of hydrogen-bond acceptors (Lipinski definition) is 1. The molecule has 0 radical (unpaired) electrons. The summed E-state index contributed by atoms with van der Waals surface area (Å²) in [5, 5.41) is 0. The van der Waals surface area contributed by atoms with Gasteiger partial charge in [-0.2, -0.15) is 13.2 Å². The molecule has 0 N–H and O–H groups in total. The minimum absolute atomic E-state index is 0.0596. The van der Waals surface area contributed by atoms with E-state index in [1.165, 1.54) is 18.2 Å². The number of benzene rings is 2. The van der Waals surface area contributed by atoms with E-state index >= 15 is 0 Å². The second kappa shape index (κ2) is 4.84. The monoisotopic (exact) mass is 268 g/mol. The van der Waals surface area contributed by atoms with Gasteiger partial charge < -0.3 is 0 Å². The van der Waals surface area contributed by atoms with E-state index in [0.29, 0.717) is 6.29 Å². The summed E-state index contributed by atoms with van der Waals surface area (Å²) in [5.41, 5.74) is -0.506. The van der Waals surface area contributed by atoms with Crippen LogP contribution in [0.25, 0.3) is 11.1 Å². The van der Waals surface area contributed by atoms with Gasteiger partial charge in [-0.05, 0) is 35.4 Å². The van der Waals surface area contributed by atoms with Crippen LogP contribution in [-0.4, -0.2) is 6.29 Å². The molecule has 0 saturated heterocycles. The molecule has 0 bridgehead atoms. The third kappa shape index (κ3) is 2.81. The van der Waals surface area contributed by atoms with Crippen LogP contribution in [0.15, 0.2) is 42.5 Å². The van der Waals surface area contributed by atoms with Crippen molar-refractivity contribution < 1.29 is 22.4 Å². The zero-order valence-electron chi connectivity index (χ0n) is 9.54. The summed E-state index contributed by atoms with van der Waals surface area (Å²) in [7, 11) is 0. The second-order valence-corrected chi connectivity index (χ2v) is 3.93. The molecule has 2 aromatic carbocycles. The number of alkyl halides is 3. The predicted octanol–water partition coefficient (Wildman–Crippen LogP) is 4.32. The molecule has 0 aliphatic carbocycles. The summed E-state index contributed by atoms with van der Waals surface area (Å²) in [6.45, 7) is 0. The molecule has 98 valence electrons. The van der Waals surface area contributed by atoms with Crippen LogP contribution in [0.4, 0.5) is 17.6 Å². The van der Waals surface area contributed by atoms with E-state index in [1.807, 2.05) is 0 Å². The minimum atomic E-state index is -4.51. The van der Waals surface area contributed by atoms with Gasteiger partial charge in [-0.3, -0.25) is 4.79 Å². The van der Waals surface area contributed by atoms with Crippen molar-refractivity contribution in [2.24, 2.45) is 0 Å². The lowest BCUT2D eigenvalue weighted by Gasteiger charge is -2.11. The molecule has 0 fully saturated rings. The Hall–Kier alpha value is -2.17. The molecule has 0 unspecified atom stereocenters. The highest BCUT2D eigenvalue weighted by Crippen LogP contribution is 2.33. The highest BCUT2D eigenvalue weighted by molar-refractivity contribution is 5.87. The van der Waals surface area contributed by atoms with E-state index in [-0.39, 0.29) is 16.7 Å². The van der Waals surface area contributed by atoms with Crippen LogP contribution in [0.1, 0.15) is 15.9 Å². The Bertz CT molecular complexity index is 617. The maximum absolute atomic E-state index is 13.1. The second-order valence-electron chi connectivity index (χ2n) is 3.93. The number of aldehydes is 1. The fraction of sp³-hybridized carbons (Fsp3) is 0.0714. The van der Waals surface area contributed by atoms with E-state index in [1.54, 1.807) is 0 Å². The average molecular weight is 268 g/mol. The number of hydrogen-bond donors (Lipinski definition) is 0. The molecule has 0 aliphatic heterocycles. The van der Waals surface area contributed by atoms with Gasteiger partial charge in [0.25, 0.3) is 0 Å². The normalized spacial score (nSPS) is 11.4. The molecule has 1 nitrogen and oxygen atoms in total. The van der Waals surface area contributed by atoms with E-state index in [4.69, 9.17) is 0 Å². The first-order valence-electron chi connectivity index (χ1n) is 5.34. The van der Waals surface area contributed by atoms with Crippen molar-refractivity contribution in [1.29, 1.82) is 0 Å². The van der Waals surface area contributed by atoms with Crippen LogP contribution in [0, 0.1) is 5.82 Å². The maximum Gasteiger partial charge on any atom is 0.416 e. The Morgan fingerprint density at radius 3 is 2.32 bits per heavy atom. The number of carbonyl (C=O) groups excluding carboxylic acids is 1. The lowest BCUT2D eigenvalue weighted by molar-refractivity contribution is -0.137. The van der Waals surface area contributed by atoms with Gasteiger partial charge >= 0.3 is 6.18 Å². The summed E-state index contributed by atoms with van der Waals surface area (Å²) < 4.78 is 51.0. The summed E-state index contributed by atoms with van der Waals surface area (Å²) in [6.07, 6.45) is -4.07. The van der Waals surface area contributed by atoms with Crippen LogP contribution in [0.2, 0.25) is 0 Å². The van der Waals surface area contributed by atoms with Crippen molar-refractivity contribution in [3.8, 4) is 11.1 Å².